The van der Waals surface area contributed by atoms with Crippen LogP contribution in [0.25, 0.3) is 22.3 Å². The van der Waals surface area contributed by atoms with Gasteiger partial charge in [0.2, 0.25) is 5.82 Å². The molecule has 3 aromatic heterocycles. The lowest BCUT2D eigenvalue weighted by atomic mass is 10.3. The maximum absolute atomic E-state index is 8.96. The zero-order valence-corrected chi connectivity index (χ0v) is 10.2. The smallest absolute Gasteiger partial charge is 0.269 e. The molecule has 0 bridgehead atoms. The number of aryl methyl sites for hydroxylation is 1. The van der Waals surface area contributed by atoms with Crippen LogP contribution in [-0.4, -0.2) is 19.7 Å². The third-order valence-corrected chi connectivity index (χ3v) is 3.35. The highest BCUT2D eigenvalue weighted by Crippen LogP contribution is 2.29. The molecule has 3 heterocycles. The lowest BCUT2D eigenvalue weighted by Gasteiger charge is -1.92. The van der Waals surface area contributed by atoms with Gasteiger partial charge in [0.25, 0.3) is 5.89 Å². The van der Waals surface area contributed by atoms with Gasteiger partial charge in [0.05, 0.1) is 18.1 Å². The summed E-state index contributed by atoms with van der Waals surface area (Å²) in [6.45, 7) is 0. The molecule has 6 nitrogen and oxygen atoms in total. The lowest BCUT2D eigenvalue weighted by Crippen LogP contribution is -1.90. The Labute approximate surface area is 106 Å². The van der Waals surface area contributed by atoms with Gasteiger partial charge >= 0.3 is 0 Å². The van der Waals surface area contributed by atoms with Crippen molar-refractivity contribution < 1.29 is 4.52 Å². The second-order valence-corrected chi connectivity index (χ2v) is 4.50. The Hall–Kier alpha value is -2.46. The van der Waals surface area contributed by atoms with Crippen molar-refractivity contribution in [2.24, 2.45) is 7.05 Å². The number of hydrogen-bond acceptors (Lipinski definition) is 6. The number of aromatic nitrogens is 4. The summed E-state index contributed by atoms with van der Waals surface area (Å²) in [6, 6.07) is 3.82. The van der Waals surface area contributed by atoms with E-state index < -0.39 is 0 Å². The Kier molecular flexibility index (Phi) is 2.42. The minimum absolute atomic E-state index is 0.359. The minimum atomic E-state index is 0.359. The SMILES string of the molecule is Cn1cncc1-c1noc(-c2sccc2C#N)n1. The van der Waals surface area contributed by atoms with Gasteiger partial charge in [-0.25, -0.2) is 4.98 Å². The van der Waals surface area contributed by atoms with Gasteiger partial charge in [-0.05, 0) is 11.4 Å². The Morgan fingerprint density at radius 1 is 1.50 bits per heavy atom. The van der Waals surface area contributed by atoms with E-state index in [4.69, 9.17) is 9.78 Å². The summed E-state index contributed by atoms with van der Waals surface area (Å²) in [7, 11) is 1.85. The second-order valence-electron chi connectivity index (χ2n) is 3.59. The van der Waals surface area contributed by atoms with E-state index in [0.717, 1.165) is 5.69 Å². The van der Waals surface area contributed by atoms with Gasteiger partial charge in [0, 0.05) is 7.05 Å². The molecule has 0 spiro atoms. The van der Waals surface area contributed by atoms with Crippen molar-refractivity contribution in [3.63, 3.8) is 0 Å². The van der Waals surface area contributed by atoms with E-state index in [0.29, 0.717) is 22.2 Å². The van der Waals surface area contributed by atoms with Crippen molar-refractivity contribution in [3.05, 3.63) is 29.5 Å². The number of rotatable bonds is 2. The first-order chi connectivity index (χ1) is 8.79. The van der Waals surface area contributed by atoms with Gasteiger partial charge < -0.3 is 9.09 Å². The summed E-state index contributed by atoms with van der Waals surface area (Å²) in [5, 5.41) is 14.7. The largest absolute Gasteiger partial charge is 0.333 e. The van der Waals surface area contributed by atoms with Crippen LogP contribution in [-0.2, 0) is 7.05 Å². The van der Waals surface area contributed by atoms with Crippen LogP contribution >= 0.6 is 11.3 Å². The molecule has 3 aromatic rings. The molecule has 0 saturated heterocycles. The third-order valence-electron chi connectivity index (χ3n) is 2.45. The minimum Gasteiger partial charge on any atom is -0.333 e. The van der Waals surface area contributed by atoms with Crippen LogP contribution in [0.3, 0.4) is 0 Å². The van der Waals surface area contributed by atoms with Crippen molar-refractivity contribution in [2.45, 2.75) is 0 Å². The Morgan fingerprint density at radius 2 is 2.39 bits per heavy atom. The van der Waals surface area contributed by atoms with Crippen LogP contribution in [0.4, 0.5) is 0 Å². The molecule has 0 fully saturated rings. The number of thiophene rings is 1. The van der Waals surface area contributed by atoms with E-state index >= 15 is 0 Å². The summed E-state index contributed by atoms with van der Waals surface area (Å²) in [6.07, 6.45) is 3.32. The van der Waals surface area contributed by atoms with Gasteiger partial charge in [-0.15, -0.1) is 11.3 Å². The molecule has 0 aliphatic rings. The van der Waals surface area contributed by atoms with Gasteiger partial charge in [-0.3, -0.25) is 0 Å². The van der Waals surface area contributed by atoms with E-state index in [9.17, 15) is 0 Å². The summed E-state index contributed by atoms with van der Waals surface area (Å²) in [5.74, 6) is 0.819. The quantitative estimate of drug-likeness (QED) is 0.702. The predicted molar refractivity (Wildman–Crippen MR) is 64.5 cm³/mol. The first kappa shape index (κ1) is 10.7. The maximum atomic E-state index is 8.96. The number of imidazole rings is 1. The zero-order valence-electron chi connectivity index (χ0n) is 9.36. The average Bonchev–Trinajstić information content (AvgIpc) is 3.06. The Morgan fingerprint density at radius 3 is 3.11 bits per heavy atom. The molecule has 0 amide bonds. The Balaban J connectivity index is 2.06. The van der Waals surface area contributed by atoms with Crippen molar-refractivity contribution in [1.29, 1.82) is 5.26 Å². The van der Waals surface area contributed by atoms with E-state index in [2.05, 4.69) is 21.2 Å². The van der Waals surface area contributed by atoms with Gasteiger partial charge in [-0.1, -0.05) is 5.16 Å². The topological polar surface area (TPSA) is 80.5 Å². The van der Waals surface area contributed by atoms with Gasteiger partial charge in [-0.2, -0.15) is 10.2 Å². The van der Waals surface area contributed by atoms with Crippen LogP contribution in [0.5, 0.6) is 0 Å². The zero-order chi connectivity index (χ0) is 12.5. The molecule has 0 radical (unpaired) electrons. The van der Waals surface area contributed by atoms with Crippen molar-refractivity contribution in [1.82, 2.24) is 19.7 Å². The summed E-state index contributed by atoms with van der Waals surface area (Å²) >= 11 is 1.40. The standard InChI is InChI=1S/C11H7N5OS/c1-16-6-13-5-8(16)10-14-11(17-15-10)9-7(4-12)2-3-18-9/h2-3,5-6H,1H3. The monoisotopic (exact) mass is 257 g/mol. The molecule has 0 saturated carbocycles. The maximum Gasteiger partial charge on any atom is 0.269 e. The molecular formula is C11H7N5OS. The fraction of sp³-hybridized carbons (Fsp3) is 0.0909. The summed E-state index contributed by atoms with van der Waals surface area (Å²) < 4.78 is 6.99. The predicted octanol–water partition coefficient (Wildman–Crippen LogP) is 2.07. The van der Waals surface area contributed by atoms with E-state index in [1.165, 1.54) is 11.3 Å². The van der Waals surface area contributed by atoms with Gasteiger partial charge in [0.15, 0.2) is 0 Å². The number of hydrogen-bond donors (Lipinski definition) is 0. The first-order valence-electron chi connectivity index (χ1n) is 5.08. The molecule has 3 rings (SSSR count). The summed E-state index contributed by atoms with van der Waals surface area (Å²) in [5.41, 5.74) is 1.31. The van der Waals surface area contributed by atoms with E-state index in [-0.39, 0.29) is 0 Å². The van der Waals surface area contributed by atoms with Crippen LogP contribution in [0.1, 0.15) is 5.56 Å². The first-order valence-corrected chi connectivity index (χ1v) is 5.96. The fourth-order valence-corrected chi connectivity index (χ4v) is 2.32. The van der Waals surface area contributed by atoms with Crippen molar-refractivity contribution >= 4 is 11.3 Å². The third kappa shape index (κ3) is 1.59. The molecule has 18 heavy (non-hydrogen) atoms. The summed E-state index contributed by atoms with van der Waals surface area (Å²) in [4.78, 5) is 8.97. The van der Waals surface area contributed by atoms with Crippen molar-refractivity contribution in [2.75, 3.05) is 0 Å². The molecular weight excluding hydrogens is 250 g/mol. The molecule has 0 unspecified atom stereocenters. The van der Waals surface area contributed by atoms with E-state index in [1.807, 2.05) is 12.4 Å². The average molecular weight is 257 g/mol. The lowest BCUT2D eigenvalue weighted by molar-refractivity contribution is 0.432. The highest BCUT2D eigenvalue weighted by Gasteiger charge is 2.16. The fourth-order valence-electron chi connectivity index (χ4n) is 1.56. The number of nitrogens with zero attached hydrogens (tertiary/aromatic N) is 5. The van der Waals surface area contributed by atoms with E-state index in [1.54, 1.807) is 23.2 Å². The molecule has 7 heteroatoms. The van der Waals surface area contributed by atoms with Gasteiger partial charge in [0.1, 0.15) is 16.6 Å². The number of nitriles is 1. The normalized spacial score (nSPS) is 10.4. The molecule has 0 aliphatic carbocycles. The van der Waals surface area contributed by atoms with Crippen LogP contribution in [0, 0.1) is 11.3 Å². The van der Waals surface area contributed by atoms with Crippen LogP contribution < -0.4 is 0 Å². The molecule has 0 atom stereocenters. The van der Waals surface area contributed by atoms with Crippen molar-refractivity contribution in [3.8, 4) is 28.4 Å². The molecule has 88 valence electrons. The molecule has 0 aliphatic heterocycles. The van der Waals surface area contributed by atoms with Crippen LogP contribution in [0.15, 0.2) is 28.5 Å². The molecule has 0 N–H and O–H groups in total. The Bertz CT molecular complexity index is 733. The molecule has 0 aromatic carbocycles. The highest BCUT2D eigenvalue weighted by atomic mass is 32.1. The second kappa shape index (κ2) is 4.09. The highest BCUT2D eigenvalue weighted by molar-refractivity contribution is 7.13. The van der Waals surface area contributed by atoms with Crippen LogP contribution in [0.2, 0.25) is 0 Å².